The lowest BCUT2D eigenvalue weighted by Gasteiger charge is -2.22. The van der Waals surface area contributed by atoms with E-state index in [4.69, 9.17) is 18.6 Å². The van der Waals surface area contributed by atoms with Gasteiger partial charge >= 0.3 is 5.63 Å². The summed E-state index contributed by atoms with van der Waals surface area (Å²) in [6.45, 7) is 5.58. The fourth-order valence-electron chi connectivity index (χ4n) is 2.55. The predicted octanol–water partition coefficient (Wildman–Crippen LogP) is 1.73. The Kier molecular flexibility index (Phi) is 5.35. The second-order valence-corrected chi connectivity index (χ2v) is 6.09. The van der Waals surface area contributed by atoms with Gasteiger partial charge in [-0.2, -0.15) is 0 Å². The maximum absolute atomic E-state index is 12.3. The largest absolute Gasteiger partial charge is 0.491 e. The molecule has 1 aliphatic rings. The van der Waals surface area contributed by atoms with E-state index in [1.54, 1.807) is 18.2 Å². The van der Waals surface area contributed by atoms with Gasteiger partial charge in [-0.15, -0.1) is 0 Å². The summed E-state index contributed by atoms with van der Waals surface area (Å²) in [5, 5.41) is 3.33. The lowest BCUT2D eigenvalue weighted by atomic mass is 10.1. The zero-order valence-corrected chi connectivity index (χ0v) is 14.2. The van der Waals surface area contributed by atoms with E-state index in [9.17, 15) is 9.59 Å². The van der Waals surface area contributed by atoms with Gasteiger partial charge in [0.15, 0.2) is 0 Å². The maximum atomic E-state index is 12.3. The van der Waals surface area contributed by atoms with Crippen molar-refractivity contribution in [2.75, 3.05) is 26.4 Å². The van der Waals surface area contributed by atoms with Crippen LogP contribution in [0.5, 0.6) is 5.75 Å². The Morgan fingerprint density at radius 3 is 2.88 bits per heavy atom. The topological polar surface area (TPSA) is 87.0 Å². The first-order chi connectivity index (χ1) is 12.0. The van der Waals surface area contributed by atoms with Gasteiger partial charge in [-0.3, -0.25) is 4.79 Å². The van der Waals surface area contributed by atoms with E-state index in [-0.39, 0.29) is 24.3 Å². The van der Waals surface area contributed by atoms with Crippen molar-refractivity contribution in [3.05, 3.63) is 40.2 Å². The molecule has 2 aromatic rings. The molecule has 2 heterocycles. The fourth-order valence-corrected chi connectivity index (χ4v) is 2.55. The Labute approximate surface area is 144 Å². The van der Waals surface area contributed by atoms with Crippen LogP contribution >= 0.6 is 0 Å². The maximum Gasteiger partial charge on any atom is 0.349 e. The number of rotatable bonds is 5. The van der Waals surface area contributed by atoms with E-state index >= 15 is 0 Å². The quantitative estimate of drug-likeness (QED) is 0.829. The highest BCUT2D eigenvalue weighted by Gasteiger charge is 2.18. The van der Waals surface area contributed by atoms with Crippen LogP contribution < -0.4 is 15.7 Å². The number of benzene rings is 1. The number of carbonyl (C=O) groups is 1. The van der Waals surface area contributed by atoms with Gasteiger partial charge in [0.05, 0.1) is 32.0 Å². The Bertz CT molecular complexity index is 807. The van der Waals surface area contributed by atoms with Crippen LogP contribution in [0.4, 0.5) is 0 Å². The molecule has 0 bridgehead atoms. The van der Waals surface area contributed by atoms with Gasteiger partial charge < -0.3 is 23.9 Å². The Hall–Kier alpha value is -2.38. The molecule has 1 N–H and O–H groups in total. The average molecular weight is 347 g/mol. The number of carbonyl (C=O) groups excluding carboxylic acids is 1. The molecule has 25 heavy (non-hydrogen) atoms. The van der Waals surface area contributed by atoms with E-state index in [1.165, 1.54) is 6.07 Å². The van der Waals surface area contributed by atoms with Crippen molar-refractivity contribution in [2.45, 2.75) is 26.1 Å². The van der Waals surface area contributed by atoms with Crippen LogP contribution in [0.1, 0.15) is 24.2 Å². The second kappa shape index (κ2) is 7.67. The summed E-state index contributed by atoms with van der Waals surface area (Å²) in [6, 6.07) is 6.70. The van der Waals surface area contributed by atoms with Crippen molar-refractivity contribution in [2.24, 2.45) is 0 Å². The van der Waals surface area contributed by atoms with Gasteiger partial charge in [-0.1, -0.05) is 0 Å². The van der Waals surface area contributed by atoms with E-state index < -0.39 is 11.5 Å². The van der Waals surface area contributed by atoms with Gasteiger partial charge in [-0.05, 0) is 32.0 Å². The van der Waals surface area contributed by atoms with Crippen molar-refractivity contribution in [1.82, 2.24) is 5.32 Å². The molecule has 1 aromatic heterocycles. The normalized spacial score (nSPS) is 17.6. The Morgan fingerprint density at radius 1 is 1.32 bits per heavy atom. The first kappa shape index (κ1) is 17.4. The van der Waals surface area contributed by atoms with Gasteiger partial charge in [0.25, 0.3) is 5.91 Å². The van der Waals surface area contributed by atoms with Crippen molar-refractivity contribution >= 4 is 16.9 Å². The van der Waals surface area contributed by atoms with E-state index in [0.717, 1.165) is 0 Å². The Morgan fingerprint density at radius 2 is 2.16 bits per heavy atom. The van der Waals surface area contributed by atoms with E-state index in [2.05, 4.69) is 5.32 Å². The molecular formula is C18H21NO6. The minimum Gasteiger partial charge on any atom is -0.491 e. The molecule has 0 saturated carbocycles. The van der Waals surface area contributed by atoms with Gasteiger partial charge in [0, 0.05) is 18.0 Å². The number of hydrogen-bond acceptors (Lipinski definition) is 6. The first-order valence-electron chi connectivity index (χ1n) is 8.25. The molecule has 0 spiro atoms. The highest BCUT2D eigenvalue weighted by Crippen LogP contribution is 2.21. The van der Waals surface area contributed by atoms with Crippen LogP contribution in [-0.2, 0) is 9.47 Å². The summed E-state index contributed by atoms with van der Waals surface area (Å²) in [5.74, 6) is 0.115. The van der Waals surface area contributed by atoms with E-state index in [1.807, 2.05) is 13.8 Å². The molecule has 1 fully saturated rings. The molecule has 1 aliphatic heterocycles. The van der Waals surface area contributed by atoms with Crippen molar-refractivity contribution in [1.29, 1.82) is 0 Å². The zero-order chi connectivity index (χ0) is 17.8. The van der Waals surface area contributed by atoms with Crippen LogP contribution in [0.3, 0.4) is 0 Å². The summed E-state index contributed by atoms with van der Waals surface area (Å²) in [6.07, 6.45) is -0.193. The number of fused-ring (bicyclic) bond motifs is 1. The van der Waals surface area contributed by atoms with Crippen molar-refractivity contribution in [3.63, 3.8) is 0 Å². The minimum absolute atomic E-state index is 0.0141. The third-order valence-electron chi connectivity index (χ3n) is 3.70. The summed E-state index contributed by atoms with van der Waals surface area (Å²) < 4.78 is 21.6. The Balaban J connectivity index is 1.75. The summed E-state index contributed by atoms with van der Waals surface area (Å²) in [5.41, 5.74) is -0.349. The highest BCUT2D eigenvalue weighted by molar-refractivity contribution is 5.96. The van der Waals surface area contributed by atoms with Crippen molar-refractivity contribution in [3.8, 4) is 5.75 Å². The third kappa shape index (κ3) is 4.37. The predicted molar refractivity (Wildman–Crippen MR) is 91.1 cm³/mol. The highest BCUT2D eigenvalue weighted by atomic mass is 16.6. The zero-order valence-electron chi connectivity index (χ0n) is 14.2. The number of ether oxygens (including phenoxy) is 3. The molecule has 1 aromatic carbocycles. The lowest BCUT2D eigenvalue weighted by molar-refractivity contribution is -0.0855. The monoisotopic (exact) mass is 347 g/mol. The van der Waals surface area contributed by atoms with Crippen molar-refractivity contribution < 1.29 is 23.4 Å². The lowest BCUT2D eigenvalue weighted by Crippen LogP contribution is -2.40. The summed E-state index contributed by atoms with van der Waals surface area (Å²) >= 11 is 0. The standard InChI is InChI=1S/C18H21NO6/c1-11(2)24-13-4-3-12-7-15(18(21)25-16(12)8-13)17(20)19-9-14-10-22-5-6-23-14/h3-4,7-8,11,14H,5-6,9-10H2,1-2H3,(H,19,20). The molecule has 0 aliphatic carbocycles. The number of amides is 1. The summed E-state index contributed by atoms with van der Waals surface area (Å²) in [4.78, 5) is 24.4. The molecule has 0 radical (unpaired) electrons. The SMILES string of the molecule is CC(C)Oc1ccc2cc(C(=O)NCC3COCCO3)c(=O)oc2c1. The molecule has 7 nitrogen and oxygen atoms in total. The molecule has 1 amide bonds. The fraction of sp³-hybridized carbons (Fsp3) is 0.444. The molecule has 1 unspecified atom stereocenters. The van der Waals surface area contributed by atoms with Crippen LogP contribution in [0.2, 0.25) is 0 Å². The third-order valence-corrected chi connectivity index (χ3v) is 3.70. The molecule has 134 valence electrons. The van der Waals surface area contributed by atoms with Gasteiger partial charge in [-0.25, -0.2) is 4.79 Å². The van der Waals surface area contributed by atoms with Gasteiger partial charge in [0.1, 0.15) is 16.9 Å². The van der Waals surface area contributed by atoms with Crippen LogP contribution in [-0.4, -0.2) is 44.5 Å². The van der Waals surface area contributed by atoms with Crippen LogP contribution in [0, 0.1) is 0 Å². The smallest absolute Gasteiger partial charge is 0.349 e. The molecular weight excluding hydrogens is 326 g/mol. The van der Waals surface area contributed by atoms with Gasteiger partial charge in [0.2, 0.25) is 0 Å². The molecule has 1 atom stereocenters. The average Bonchev–Trinajstić information content (AvgIpc) is 2.59. The molecule has 1 saturated heterocycles. The first-order valence-corrected chi connectivity index (χ1v) is 8.25. The molecule has 3 rings (SSSR count). The summed E-state index contributed by atoms with van der Waals surface area (Å²) in [7, 11) is 0. The number of nitrogens with one attached hydrogen (secondary N) is 1. The van der Waals surface area contributed by atoms with Crippen LogP contribution in [0.15, 0.2) is 33.5 Å². The van der Waals surface area contributed by atoms with E-state index in [0.29, 0.717) is 36.5 Å². The van der Waals surface area contributed by atoms with Crippen LogP contribution in [0.25, 0.3) is 11.0 Å². The minimum atomic E-state index is -0.687. The number of hydrogen-bond donors (Lipinski definition) is 1. The second-order valence-electron chi connectivity index (χ2n) is 6.09. The molecule has 7 heteroatoms.